The lowest BCUT2D eigenvalue weighted by Crippen LogP contribution is -2.37. The molecule has 2 nitrogen and oxygen atoms in total. The van der Waals surface area contributed by atoms with Gasteiger partial charge in [0.2, 0.25) is 0 Å². The van der Waals surface area contributed by atoms with E-state index in [2.05, 4.69) is 24.1 Å². The van der Waals surface area contributed by atoms with Crippen molar-refractivity contribution < 1.29 is 5.11 Å². The highest BCUT2D eigenvalue weighted by Gasteiger charge is 2.17. The molecule has 0 rings (SSSR count). The van der Waals surface area contributed by atoms with Crippen LogP contribution in [-0.2, 0) is 0 Å². The number of rotatable bonds is 6. The SMILES string of the molecule is CC#CCCNCC(C)(O)CCC. The molecule has 0 aliphatic carbocycles. The summed E-state index contributed by atoms with van der Waals surface area (Å²) in [5.74, 6) is 5.81. The molecule has 1 atom stereocenters. The first kappa shape index (κ1) is 12.5. The first-order valence-corrected chi connectivity index (χ1v) is 4.95. The van der Waals surface area contributed by atoms with Crippen molar-refractivity contribution in [1.29, 1.82) is 0 Å². The zero-order chi connectivity index (χ0) is 10.2. The van der Waals surface area contributed by atoms with Gasteiger partial charge in [0.05, 0.1) is 5.60 Å². The van der Waals surface area contributed by atoms with Crippen LogP contribution in [0.4, 0.5) is 0 Å². The molecule has 0 aromatic carbocycles. The molecule has 0 spiro atoms. The average Bonchev–Trinajstić information content (AvgIpc) is 2.04. The number of hydrogen-bond donors (Lipinski definition) is 2. The zero-order valence-electron chi connectivity index (χ0n) is 8.98. The lowest BCUT2D eigenvalue weighted by atomic mass is 10.0. The van der Waals surface area contributed by atoms with Crippen molar-refractivity contribution in [3.05, 3.63) is 0 Å². The topological polar surface area (TPSA) is 32.3 Å². The van der Waals surface area contributed by atoms with Crippen LogP contribution in [0.5, 0.6) is 0 Å². The van der Waals surface area contributed by atoms with Crippen LogP contribution in [-0.4, -0.2) is 23.8 Å². The fourth-order valence-electron chi connectivity index (χ4n) is 1.26. The van der Waals surface area contributed by atoms with Gasteiger partial charge in [-0.05, 0) is 20.3 Å². The van der Waals surface area contributed by atoms with Crippen molar-refractivity contribution in [2.24, 2.45) is 0 Å². The molecule has 0 aliphatic heterocycles. The molecule has 0 fully saturated rings. The molecule has 0 saturated carbocycles. The van der Waals surface area contributed by atoms with E-state index in [-0.39, 0.29) is 0 Å². The van der Waals surface area contributed by atoms with Crippen LogP contribution in [0.1, 0.15) is 40.0 Å². The minimum absolute atomic E-state index is 0.561. The lowest BCUT2D eigenvalue weighted by Gasteiger charge is -2.22. The molecule has 0 radical (unpaired) electrons. The van der Waals surface area contributed by atoms with E-state index < -0.39 is 5.60 Å². The Morgan fingerprint density at radius 3 is 2.69 bits per heavy atom. The number of aliphatic hydroxyl groups is 1. The van der Waals surface area contributed by atoms with Crippen LogP contribution in [0.15, 0.2) is 0 Å². The molecular weight excluding hydrogens is 162 g/mol. The quantitative estimate of drug-likeness (QED) is 0.483. The second-order valence-electron chi connectivity index (χ2n) is 3.60. The van der Waals surface area contributed by atoms with Gasteiger partial charge in [-0.2, -0.15) is 0 Å². The van der Waals surface area contributed by atoms with Gasteiger partial charge in [0, 0.05) is 19.5 Å². The molecule has 0 amide bonds. The molecule has 0 aromatic rings. The van der Waals surface area contributed by atoms with E-state index in [1.165, 1.54) is 0 Å². The normalized spacial score (nSPS) is 14.5. The summed E-state index contributed by atoms with van der Waals surface area (Å²) in [6, 6.07) is 0. The summed E-state index contributed by atoms with van der Waals surface area (Å²) < 4.78 is 0. The third-order valence-corrected chi connectivity index (χ3v) is 1.90. The highest BCUT2D eigenvalue weighted by atomic mass is 16.3. The highest BCUT2D eigenvalue weighted by Crippen LogP contribution is 2.09. The van der Waals surface area contributed by atoms with E-state index in [0.29, 0.717) is 6.54 Å². The van der Waals surface area contributed by atoms with Gasteiger partial charge in [-0.15, -0.1) is 11.8 Å². The Labute approximate surface area is 81.7 Å². The third-order valence-electron chi connectivity index (χ3n) is 1.90. The van der Waals surface area contributed by atoms with E-state index in [4.69, 9.17) is 0 Å². The summed E-state index contributed by atoms with van der Waals surface area (Å²) in [5.41, 5.74) is -0.561. The Hall–Kier alpha value is -0.520. The molecule has 0 aliphatic rings. The van der Waals surface area contributed by atoms with Gasteiger partial charge in [0.25, 0.3) is 0 Å². The Balaban J connectivity index is 3.43. The average molecular weight is 183 g/mol. The monoisotopic (exact) mass is 183 g/mol. The molecular formula is C11H21NO. The summed E-state index contributed by atoms with van der Waals surface area (Å²) in [6.07, 6.45) is 2.72. The first-order valence-electron chi connectivity index (χ1n) is 4.95. The molecule has 0 heterocycles. The number of nitrogens with one attached hydrogen (secondary N) is 1. The van der Waals surface area contributed by atoms with E-state index >= 15 is 0 Å². The predicted molar refractivity (Wildman–Crippen MR) is 56.5 cm³/mol. The largest absolute Gasteiger partial charge is 0.389 e. The second-order valence-corrected chi connectivity index (χ2v) is 3.60. The fraction of sp³-hybridized carbons (Fsp3) is 0.818. The minimum Gasteiger partial charge on any atom is -0.389 e. The molecule has 13 heavy (non-hydrogen) atoms. The van der Waals surface area contributed by atoms with Crippen LogP contribution in [0.3, 0.4) is 0 Å². The van der Waals surface area contributed by atoms with Crippen LogP contribution >= 0.6 is 0 Å². The molecule has 0 saturated heterocycles. The van der Waals surface area contributed by atoms with E-state index in [0.717, 1.165) is 25.8 Å². The smallest absolute Gasteiger partial charge is 0.0743 e. The minimum atomic E-state index is -0.561. The summed E-state index contributed by atoms with van der Waals surface area (Å²) in [4.78, 5) is 0. The van der Waals surface area contributed by atoms with Crippen LogP contribution in [0.25, 0.3) is 0 Å². The predicted octanol–water partition coefficient (Wildman–Crippen LogP) is 1.54. The van der Waals surface area contributed by atoms with Gasteiger partial charge < -0.3 is 10.4 Å². The molecule has 0 bridgehead atoms. The maximum absolute atomic E-state index is 9.77. The van der Waals surface area contributed by atoms with E-state index in [1.807, 2.05) is 13.8 Å². The molecule has 2 N–H and O–H groups in total. The Morgan fingerprint density at radius 1 is 1.46 bits per heavy atom. The Kier molecular flexibility index (Phi) is 6.66. The third kappa shape index (κ3) is 7.83. The van der Waals surface area contributed by atoms with E-state index in [1.54, 1.807) is 0 Å². The van der Waals surface area contributed by atoms with Gasteiger partial charge in [0.15, 0.2) is 0 Å². The van der Waals surface area contributed by atoms with Crippen molar-refractivity contribution >= 4 is 0 Å². The van der Waals surface area contributed by atoms with Gasteiger partial charge >= 0.3 is 0 Å². The van der Waals surface area contributed by atoms with Crippen molar-refractivity contribution in [2.75, 3.05) is 13.1 Å². The van der Waals surface area contributed by atoms with Crippen molar-refractivity contribution in [3.63, 3.8) is 0 Å². The second kappa shape index (κ2) is 6.94. The van der Waals surface area contributed by atoms with Crippen molar-refractivity contribution in [1.82, 2.24) is 5.32 Å². The summed E-state index contributed by atoms with van der Waals surface area (Å²) in [6.45, 7) is 7.31. The maximum Gasteiger partial charge on any atom is 0.0743 e. The molecule has 76 valence electrons. The van der Waals surface area contributed by atoms with Gasteiger partial charge in [0.1, 0.15) is 0 Å². The van der Waals surface area contributed by atoms with Crippen molar-refractivity contribution in [2.45, 2.75) is 45.6 Å². The van der Waals surface area contributed by atoms with E-state index in [9.17, 15) is 5.11 Å². The van der Waals surface area contributed by atoms with Crippen LogP contribution < -0.4 is 5.32 Å². The fourth-order valence-corrected chi connectivity index (χ4v) is 1.26. The Bertz CT molecular complexity index is 176. The molecule has 0 aromatic heterocycles. The first-order chi connectivity index (χ1) is 6.12. The molecule has 2 heteroatoms. The summed E-state index contributed by atoms with van der Waals surface area (Å²) in [7, 11) is 0. The number of hydrogen-bond acceptors (Lipinski definition) is 2. The van der Waals surface area contributed by atoms with Crippen LogP contribution in [0, 0.1) is 11.8 Å². The molecule has 1 unspecified atom stereocenters. The summed E-state index contributed by atoms with van der Waals surface area (Å²) in [5, 5.41) is 13.0. The zero-order valence-corrected chi connectivity index (χ0v) is 8.98. The highest BCUT2D eigenvalue weighted by molar-refractivity contribution is 4.95. The van der Waals surface area contributed by atoms with Gasteiger partial charge in [-0.3, -0.25) is 0 Å². The Morgan fingerprint density at radius 2 is 2.15 bits per heavy atom. The van der Waals surface area contributed by atoms with Crippen LogP contribution in [0.2, 0.25) is 0 Å². The maximum atomic E-state index is 9.77. The van der Waals surface area contributed by atoms with Gasteiger partial charge in [-0.1, -0.05) is 13.3 Å². The lowest BCUT2D eigenvalue weighted by molar-refractivity contribution is 0.0504. The van der Waals surface area contributed by atoms with Crippen molar-refractivity contribution in [3.8, 4) is 11.8 Å². The van der Waals surface area contributed by atoms with Gasteiger partial charge in [-0.25, -0.2) is 0 Å². The standard InChI is InChI=1S/C11H21NO/c1-4-6-7-9-12-10-11(3,13)8-5-2/h12-13H,5,7-10H2,1-3H3. The summed E-state index contributed by atoms with van der Waals surface area (Å²) >= 11 is 0.